The SMILES string of the molecule is CNC[C@@H]1OCc2ccccc2[C@H]1Oc1ccc(C)cc1C. The van der Waals surface area contributed by atoms with Crippen LogP contribution in [0.3, 0.4) is 0 Å². The van der Waals surface area contributed by atoms with E-state index in [0.29, 0.717) is 6.61 Å². The molecule has 2 atom stereocenters. The van der Waals surface area contributed by atoms with E-state index in [0.717, 1.165) is 17.9 Å². The molecule has 0 saturated carbocycles. The molecule has 2 aromatic carbocycles. The second-order valence-corrected chi connectivity index (χ2v) is 5.91. The highest BCUT2D eigenvalue weighted by molar-refractivity contribution is 5.38. The predicted octanol–water partition coefficient (Wildman–Crippen LogP) is 3.54. The van der Waals surface area contributed by atoms with E-state index in [1.165, 1.54) is 16.7 Å². The molecule has 1 N–H and O–H groups in total. The van der Waals surface area contributed by atoms with Gasteiger partial charge in [-0.2, -0.15) is 0 Å². The second-order valence-electron chi connectivity index (χ2n) is 5.91. The third kappa shape index (κ3) is 3.01. The lowest BCUT2D eigenvalue weighted by atomic mass is 9.95. The molecule has 22 heavy (non-hydrogen) atoms. The molecule has 0 radical (unpaired) electrons. The van der Waals surface area contributed by atoms with Crippen LogP contribution in [0, 0.1) is 13.8 Å². The minimum absolute atomic E-state index is 0.0144. The molecular weight excluding hydrogens is 274 g/mol. The van der Waals surface area contributed by atoms with Crippen LogP contribution in [-0.4, -0.2) is 19.7 Å². The molecule has 0 unspecified atom stereocenters. The molecule has 116 valence electrons. The number of nitrogens with one attached hydrogen (secondary N) is 1. The Bertz CT molecular complexity index is 654. The van der Waals surface area contributed by atoms with Gasteiger partial charge in [0.1, 0.15) is 11.9 Å². The van der Waals surface area contributed by atoms with Crippen molar-refractivity contribution < 1.29 is 9.47 Å². The molecule has 0 saturated heterocycles. The predicted molar refractivity (Wildman–Crippen MR) is 88.2 cm³/mol. The van der Waals surface area contributed by atoms with E-state index >= 15 is 0 Å². The zero-order valence-electron chi connectivity index (χ0n) is 13.4. The van der Waals surface area contributed by atoms with E-state index in [-0.39, 0.29) is 12.2 Å². The molecule has 1 heterocycles. The van der Waals surface area contributed by atoms with Crippen LogP contribution in [0.1, 0.15) is 28.4 Å². The van der Waals surface area contributed by atoms with Crippen molar-refractivity contribution in [2.24, 2.45) is 0 Å². The molecule has 3 heteroatoms. The number of aryl methyl sites for hydroxylation is 2. The van der Waals surface area contributed by atoms with Crippen molar-refractivity contribution in [3.63, 3.8) is 0 Å². The summed E-state index contributed by atoms with van der Waals surface area (Å²) in [5.41, 5.74) is 4.85. The van der Waals surface area contributed by atoms with E-state index in [2.05, 4.69) is 61.6 Å². The van der Waals surface area contributed by atoms with E-state index < -0.39 is 0 Å². The Balaban J connectivity index is 1.93. The fraction of sp³-hybridized carbons (Fsp3) is 0.368. The number of rotatable bonds is 4. The highest BCUT2D eigenvalue weighted by Crippen LogP contribution is 2.34. The highest BCUT2D eigenvalue weighted by atomic mass is 16.5. The third-order valence-corrected chi connectivity index (χ3v) is 4.14. The average molecular weight is 297 g/mol. The monoisotopic (exact) mass is 297 g/mol. The number of likely N-dealkylation sites (N-methyl/N-ethyl adjacent to an activating group) is 1. The highest BCUT2D eigenvalue weighted by Gasteiger charge is 2.31. The van der Waals surface area contributed by atoms with Crippen molar-refractivity contribution in [2.45, 2.75) is 32.7 Å². The maximum absolute atomic E-state index is 6.37. The van der Waals surface area contributed by atoms with Gasteiger partial charge >= 0.3 is 0 Å². The van der Waals surface area contributed by atoms with Gasteiger partial charge in [0.2, 0.25) is 0 Å². The topological polar surface area (TPSA) is 30.5 Å². The molecular formula is C19H23NO2. The van der Waals surface area contributed by atoms with Crippen molar-refractivity contribution in [1.29, 1.82) is 0 Å². The van der Waals surface area contributed by atoms with Crippen molar-refractivity contribution in [3.05, 3.63) is 64.7 Å². The Hall–Kier alpha value is -1.84. The van der Waals surface area contributed by atoms with Gasteiger partial charge in [-0.25, -0.2) is 0 Å². The van der Waals surface area contributed by atoms with Crippen LogP contribution in [0.25, 0.3) is 0 Å². The quantitative estimate of drug-likeness (QED) is 0.936. The van der Waals surface area contributed by atoms with Gasteiger partial charge in [-0.3, -0.25) is 0 Å². The molecule has 0 spiro atoms. The minimum atomic E-state index is -0.0844. The molecule has 0 amide bonds. The van der Waals surface area contributed by atoms with Gasteiger partial charge in [0.05, 0.1) is 6.61 Å². The number of ether oxygens (including phenoxy) is 2. The Kier molecular flexibility index (Phi) is 4.46. The van der Waals surface area contributed by atoms with Crippen molar-refractivity contribution >= 4 is 0 Å². The molecule has 1 aliphatic heterocycles. The molecule has 0 aromatic heterocycles. The molecule has 0 bridgehead atoms. The van der Waals surface area contributed by atoms with Gasteiger partial charge in [0, 0.05) is 12.1 Å². The number of fused-ring (bicyclic) bond motifs is 1. The fourth-order valence-corrected chi connectivity index (χ4v) is 3.00. The zero-order chi connectivity index (χ0) is 15.5. The van der Waals surface area contributed by atoms with E-state index in [9.17, 15) is 0 Å². The summed E-state index contributed by atoms with van der Waals surface area (Å²) in [4.78, 5) is 0. The molecule has 1 aliphatic rings. The van der Waals surface area contributed by atoms with Crippen molar-refractivity contribution in [1.82, 2.24) is 5.32 Å². The lowest BCUT2D eigenvalue weighted by Crippen LogP contribution is -2.38. The number of hydrogen-bond donors (Lipinski definition) is 1. The lowest BCUT2D eigenvalue weighted by molar-refractivity contribution is -0.0498. The van der Waals surface area contributed by atoms with Crippen LogP contribution in [0.15, 0.2) is 42.5 Å². The lowest BCUT2D eigenvalue weighted by Gasteiger charge is -2.34. The van der Waals surface area contributed by atoms with Gasteiger partial charge in [-0.05, 0) is 38.1 Å². The normalized spacial score (nSPS) is 20.5. The summed E-state index contributed by atoms with van der Waals surface area (Å²) in [5.74, 6) is 0.928. The first kappa shape index (κ1) is 15.1. The summed E-state index contributed by atoms with van der Waals surface area (Å²) in [5, 5.41) is 3.20. The van der Waals surface area contributed by atoms with Gasteiger partial charge in [0.15, 0.2) is 6.10 Å². The molecule has 0 aliphatic carbocycles. The summed E-state index contributed by atoms with van der Waals surface area (Å²) in [6.45, 7) is 5.60. The van der Waals surface area contributed by atoms with E-state index in [1.807, 2.05) is 7.05 Å². The van der Waals surface area contributed by atoms with Crippen LogP contribution in [0.4, 0.5) is 0 Å². The second kappa shape index (κ2) is 6.51. The molecule has 2 aromatic rings. The minimum Gasteiger partial charge on any atom is -0.483 e. The molecule has 3 rings (SSSR count). The maximum Gasteiger partial charge on any atom is 0.151 e. The van der Waals surface area contributed by atoms with Gasteiger partial charge in [-0.15, -0.1) is 0 Å². The average Bonchev–Trinajstić information content (AvgIpc) is 2.52. The first-order valence-electron chi connectivity index (χ1n) is 7.77. The maximum atomic E-state index is 6.37. The fourth-order valence-electron chi connectivity index (χ4n) is 3.00. The molecule has 0 fully saturated rings. The van der Waals surface area contributed by atoms with Crippen LogP contribution in [0.5, 0.6) is 5.75 Å². The largest absolute Gasteiger partial charge is 0.483 e. The summed E-state index contributed by atoms with van der Waals surface area (Å²) >= 11 is 0. The summed E-state index contributed by atoms with van der Waals surface area (Å²) in [6.07, 6.45) is -0.0700. The Morgan fingerprint density at radius 2 is 2.00 bits per heavy atom. The summed E-state index contributed by atoms with van der Waals surface area (Å²) < 4.78 is 12.4. The van der Waals surface area contributed by atoms with Crippen LogP contribution in [0.2, 0.25) is 0 Å². The zero-order valence-corrected chi connectivity index (χ0v) is 13.4. The Labute approximate surface area is 132 Å². The van der Waals surface area contributed by atoms with Crippen molar-refractivity contribution in [2.75, 3.05) is 13.6 Å². The first-order valence-corrected chi connectivity index (χ1v) is 7.77. The van der Waals surface area contributed by atoms with Crippen LogP contribution in [-0.2, 0) is 11.3 Å². The van der Waals surface area contributed by atoms with Gasteiger partial charge < -0.3 is 14.8 Å². The first-order chi connectivity index (χ1) is 10.7. The smallest absolute Gasteiger partial charge is 0.151 e. The summed E-state index contributed by atoms with van der Waals surface area (Å²) in [6, 6.07) is 14.7. The molecule has 3 nitrogen and oxygen atoms in total. The Morgan fingerprint density at radius 1 is 1.18 bits per heavy atom. The van der Waals surface area contributed by atoms with Crippen LogP contribution >= 0.6 is 0 Å². The standard InChI is InChI=1S/C19H23NO2/c1-13-8-9-17(14(2)10-13)22-19-16-7-5-4-6-15(16)12-21-18(19)11-20-3/h4-10,18-20H,11-12H2,1-3H3/t18-,19+/m0/s1. The van der Waals surface area contributed by atoms with Crippen molar-refractivity contribution in [3.8, 4) is 5.75 Å². The van der Waals surface area contributed by atoms with Gasteiger partial charge in [0.25, 0.3) is 0 Å². The van der Waals surface area contributed by atoms with E-state index in [4.69, 9.17) is 9.47 Å². The Morgan fingerprint density at radius 3 is 2.77 bits per heavy atom. The van der Waals surface area contributed by atoms with Crippen LogP contribution < -0.4 is 10.1 Å². The number of benzene rings is 2. The summed E-state index contributed by atoms with van der Waals surface area (Å²) in [7, 11) is 1.94. The third-order valence-electron chi connectivity index (χ3n) is 4.14. The number of hydrogen-bond acceptors (Lipinski definition) is 3. The van der Waals surface area contributed by atoms with Gasteiger partial charge in [-0.1, -0.05) is 42.0 Å². The van der Waals surface area contributed by atoms with E-state index in [1.54, 1.807) is 0 Å².